The van der Waals surface area contributed by atoms with E-state index in [1.54, 1.807) is 18.7 Å². The van der Waals surface area contributed by atoms with E-state index in [-0.39, 0.29) is 11.2 Å². The molecule has 0 N–H and O–H groups in total. The first-order chi connectivity index (χ1) is 9.52. The molecule has 0 bridgehead atoms. The number of nitrogens with zero attached hydrogens (tertiary/aromatic N) is 4. The fourth-order valence-electron chi connectivity index (χ4n) is 2.42. The molecule has 0 fully saturated rings. The van der Waals surface area contributed by atoms with Crippen molar-refractivity contribution in [2.24, 2.45) is 21.1 Å². The molecule has 3 rings (SSSR count). The molecule has 0 unspecified atom stereocenters. The Bertz CT molecular complexity index is 916. The van der Waals surface area contributed by atoms with Gasteiger partial charge in [0, 0.05) is 26.7 Å². The molecular weight excluding hydrogens is 256 g/mol. The van der Waals surface area contributed by atoms with Crippen LogP contribution < -0.4 is 11.2 Å². The molecule has 0 aliphatic carbocycles. The Morgan fingerprint density at radius 2 is 1.55 bits per heavy atom. The van der Waals surface area contributed by atoms with E-state index in [1.165, 1.54) is 11.6 Å². The van der Waals surface area contributed by atoms with Gasteiger partial charge in [-0.25, -0.2) is 9.78 Å². The second-order valence-electron chi connectivity index (χ2n) is 4.74. The molecule has 2 heterocycles. The van der Waals surface area contributed by atoms with Gasteiger partial charge in [0.1, 0.15) is 11.5 Å². The van der Waals surface area contributed by atoms with E-state index in [2.05, 4.69) is 4.98 Å². The summed E-state index contributed by atoms with van der Waals surface area (Å²) in [6, 6.07) is 9.58. The van der Waals surface area contributed by atoms with E-state index in [0.29, 0.717) is 17.0 Å². The van der Waals surface area contributed by atoms with Gasteiger partial charge in [-0.2, -0.15) is 0 Å². The van der Waals surface area contributed by atoms with Gasteiger partial charge in [0.15, 0.2) is 5.52 Å². The molecule has 0 aliphatic heterocycles. The largest absolute Gasteiger partial charge is 0.332 e. The predicted molar refractivity (Wildman–Crippen MR) is 76.6 cm³/mol. The van der Waals surface area contributed by atoms with E-state index >= 15 is 0 Å². The zero-order valence-corrected chi connectivity index (χ0v) is 11.5. The van der Waals surface area contributed by atoms with E-state index < -0.39 is 0 Å². The first-order valence-corrected chi connectivity index (χ1v) is 6.20. The topological polar surface area (TPSA) is 61.8 Å². The van der Waals surface area contributed by atoms with E-state index in [9.17, 15) is 9.59 Å². The van der Waals surface area contributed by atoms with Gasteiger partial charge in [0.2, 0.25) is 0 Å². The maximum Gasteiger partial charge on any atom is 0.332 e. The number of aryl methyl sites for hydroxylation is 2. The molecule has 6 nitrogen and oxygen atoms in total. The van der Waals surface area contributed by atoms with E-state index in [1.807, 2.05) is 30.3 Å². The molecule has 0 amide bonds. The third-order valence-electron chi connectivity index (χ3n) is 3.50. The van der Waals surface area contributed by atoms with Gasteiger partial charge in [-0.05, 0) is 0 Å². The molecule has 0 saturated heterocycles. The quantitative estimate of drug-likeness (QED) is 0.652. The van der Waals surface area contributed by atoms with Crippen molar-refractivity contribution in [1.29, 1.82) is 0 Å². The average Bonchev–Trinajstić information content (AvgIpc) is 2.81. The number of imidazole rings is 1. The first-order valence-electron chi connectivity index (χ1n) is 6.20. The molecule has 102 valence electrons. The van der Waals surface area contributed by atoms with Gasteiger partial charge in [-0.15, -0.1) is 0 Å². The fraction of sp³-hybridized carbons (Fsp3) is 0.214. The number of hydrogen-bond acceptors (Lipinski definition) is 3. The van der Waals surface area contributed by atoms with Crippen molar-refractivity contribution in [3.05, 3.63) is 51.2 Å². The molecular formula is C14H14N4O2. The zero-order chi connectivity index (χ0) is 14.4. The van der Waals surface area contributed by atoms with Gasteiger partial charge < -0.3 is 4.57 Å². The number of hydrogen-bond donors (Lipinski definition) is 0. The molecule has 0 radical (unpaired) electrons. The zero-order valence-electron chi connectivity index (χ0n) is 11.5. The highest BCUT2D eigenvalue weighted by molar-refractivity contribution is 5.76. The summed E-state index contributed by atoms with van der Waals surface area (Å²) in [6.07, 6.45) is 0. The second-order valence-corrected chi connectivity index (χ2v) is 4.74. The summed E-state index contributed by atoms with van der Waals surface area (Å²) < 4.78 is 4.29. The summed E-state index contributed by atoms with van der Waals surface area (Å²) in [5.41, 5.74) is 1.000. The lowest BCUT2D eigenvalue weighted by molar-refractivity contribution is 0.698. The van der Waals surface area contributed by atoms with Crippen molar-refractivity contribution < 1.29 is 0 Å². The van der Waals surface area contributed by atoms with Crippen molar-refractivity contribution in [2.45, 2.75) is 0 Å². The van der Waals surface area contributed by atoms with Gasteiger partial charge >= 0.3 is 5.69 Å². The molecule has 3 aromatic rings. The van der Waals surface area contributed by atoms with Gasteiger partial charge in [0.25, 0.3) is 5.56 Å². The summed E-state index contributed by atoms with van der Waals surface area (Å²) in [7, 11) is 4.90. The lowest BCUT2D eigenvalue weighted by atomic mass is 10.2. The Kier molecular flexibility index (Phi) is 2.60. The Hall–Kier alpha value is -2.63. The molecule has 20 heavy (non-hydrogen) atoms. The highest BCUT2D eigenvalue weighted by Gasteiger charge is 2.17. The normalized spacial score (nSPS) is 11.2. The van der Waals surface area contributed by atoms with Crippen molar-refractivity contribution in [1.82, 2.24) is 18.7 Å². The van der Waals surface area contributed by atoms with Crippen LogP contribution in [0.4, 0.5) is 0 Å². The van der Waals surface area contributed by atoms with Crippen LogP contribution in [-0.2, 0) is 21.1 Å². The average molecular weight is 270 g/mol. The van der Waals surface area contributed by atoms with Gasteiger partial charge in [-0.1, -0.05) is 30.3 Å². The van der Waals surface area contributed by atoms with Crippen LogP contribution in [0, 0.1) is 0 Å². The van der Waals surface area contributed by atoms with Crippen LogP contribution in [0.15, 0.2) is 39.9 Å². The van der Waals surface area contributed by atoms with Crippen LogP contribution in [0.2, 0.25) is 0 Å². The van der Waals surface area contributed by atoms with Gasteiger partial charge in [0.05, 0.1) is 0 Å². The van der Waals surface area contributed by atoms with Crippen LogP contribution in [0.1, 0.15) is 0 Å². The molecule has 0 atom stereocenters. The smallest absolute Gasteiger partial charge is 0.313 e. The molecule has 2 aromatic heterocycles. The minimum Gasteiger partial charge on any atom is -0.313 e. The van der Waals surface area contributed by atoms with Crippen LogP contribution in [0.3, 0.4) is 0 Å². The third-order valence-corrected chi connectivity index (χ3v) is 3.50. The predicted octanol–water partition coefficient (Wildman–Crippen LogP) is 0.638. The third kappa shape index (κ3) is 1.54. The van der Waals surface area contributed by atoms with E-state index in [4.69, 9.17) is 0 Å². The van der Waals surface area contributed by atoms with Crippen molar-refractivity contribution in [3.63, 3.8) is 0 Å². The number of fused-ring (bicyclic) bond motifs is 1. The Morgan fingerprint density at radius 1 is 0.900 bits per heavy atom. The van der Waals surface area contributed by atoms with Gasteiger partial charge in [-0.3, -0.25) is 13.9 Å². The van der Waals surface area contributed by atoms with Crippen LogP contribution in [0.25, 0.3) is 22.6 Å². The monoisotopic (exact) mass is 270 g/mol. The number of rotatable bonds is 1. The van der Waals surface area contributed by atoms with Crippen LogP contribution in [-0.4, -0.2) is 18.7 Å². The summed E-state index contributed by atoms with van der Waals surface area (Å²) in [5, 5.41) is 0. The SMILES string of the molecule is Cn1c(=O)c2nc(-c3ccccc3)n(C)c2n(C)c1=O. The first kappa shape index (κ1) is 12.4. The second kappa shape index (κ2) is 4.19. The minimum absolute atomic E-state index is 0.302. The van der Waals surface area contributed by atoms with E-state index in [0.717, 1.165) is 10.1 Å². The Morgan fingerprint density at radius 3 is 2.20 bits per heavy atom. The maximum absolute atomic E-state index is 12.2. The summed E-state index contributed by atoms with van der Waals surface area (Å²) in [4.78, 5) is 28.6. The van der Waals surface area contributed by atoms with Crippen LogP contribution in [0.5, 0.6) is 0 Å². The molecule has 1 aromatic carbocycles. The molecule has 0 saturated carbocycles. The lowest BCUT2D eigenvalue weighted by Crippen LogP contribution is -2.37. The standard InChI is InChI=1S/C14H14N4O2/c1-16-11(9-7-5-4-6-8-9)15-10-12(16)17(2)14(20)18(3)13(10)19/h4-8H,1-3H3. The molecule has 0 aliphatic rings. The molecule has 0 spiro atoms. The Balaban J connectivity index is 2.49. The lowest BCUT2D eigenvalue weighted by Gasteiger charge is -2.06. The van der Waals surface area contributed by atoms with Crippen molar-refractivity contribution in [3.8, 4) is 11.4 Å². The molecule has 6 heteroatoms. The maximum atomic E-state index is 12.2. The summed E-state index contributed by atoms with van der Waals surface area (Å²) >= 11 is 0. The minimum atomic E-state index is -0.374. The number of aromatic nitrogens is 4. The fourth-order valence-corrected chi connectivity index (χ4v) is 2.42. The summed E-state index contributed by atoms with van der Waals surface area (Å²) in [6.45, 7) is 0. The highest BCUT2D eigenvalue weighted by atomic mass is 16.2. The van der Waals surface area contributed by atoms with Crippen molar-refractivity contribution in [2.75, 3.05) is 0 Å². The summed E-state index contributed by atoms with van der Waals surface area (Å²) in [5.74, 6) is 0.666. The highest BCUT2D eigenvalue weighted by Crippen LogP contribution is 2.20. The number of benzene rings is 1. The van der Waals surface area contributed by atoms with Crippen molar-refractivity contribution >= 4 is 11.2 Å². The van der Waals surface area contributed by atoms with Crippen LogP contribution >= 0.6 is 0 Å². The Labute approximate surface area is 114 Å².